The van der Waals surface area contributed by atoms with Gasteiger partial charge in [0.15, 0.2) is 0 Å². The minimum absolute atomic E-state index is 0.0345. The molecule has 0 spiro atoms. The Labute approximate surface area is 226 Å². The van der Waals surface area contributed by atoms with Crippen LogP contribution in [-0.4, -0.2) is 34.5 Å². The van der Waals surface area contributed by atoms with Gasteiger partial charge < -0.3 is 10.4 Å². The Hall–Kier alpha value is -3.47. The van der Waals surface area contributed by atoms with Crippen LogP contribution < -0.4 is 10.0 Å². The third kappa shape index (κ3) is 7.14. The van der Waals surface area contributed by atoms with Crippen molar-refractivity contribution < 1.29 is 46.6 Å². The van der Waals surface area contributed by atoms with Gasteiger partial charge in [-0.1, -0.05) is 18.5 Å². The largest absolute Gasteiger partial charge is 0.478 e. The van der Waals surface area contributed by atoms with Gasteiger partial charge in [-0.3, -0.25) is 10.0 Å². The Kier molecular flexibility index (Phi) is 9.37. The number of allylic oxidation sites excluding steroid dienone is 4. The summed E-state index contributed by atoms with van der Waals surface area (Å²) in [4.78, 5) is 24.3. The van der Waals surface area contributed by atoms with Crippen LogP contribution in [0.2, 0.25) is 0 Å². The molecule has 0 bridgehead atoms. The number of pyridine rings is 1. The number of carboxylic acids is 1. The van der Waals surface area contributed by atoms with Crippen LogP contribution >= 0.6 is 11.6 Å². The Bertz CT molecular complexity index is 1310. The summed E-state index contributed by atoms with van der Waals surface area (Å²) in [7, 11) is 0. The van der Waals surface area contributed by atoms with E-state index in [4.69, 9.17) is 16.7 Å². The van der Waals surface area contributed by atoms with Crippen molar-refractivity contribution in [1.82, 2.24) is 0 Å². The summed E-state index contributed by atoms with van der Waals surface area (Å²) in [5.41, 5.74) is 0.157. The smallest absolute Gasteiger partial charge is 0.391 e. The minimum atomic E-state index is -4.50. The molecule has 3 N–H and O–H groups in total. The number of benzene rings is 1. The molecule has 2 aromatic rings. The predicted octanol–water partition coefficient (Wildman–Crippen LogP) is 6.94. The second-order valence-electron chi connectivity index (χ2n) is 9.37. The lowest BCUT2D eigenvalue weighted by Gasteiger charge is -2.21. The zero-order valence-corrected chi connectivity index (χ0v) is 21.8. The van der Waals surface area contributed by atoms with E-state index in [-0.39, 0.29) is 57.9 Å². The van der Waals surface area contributed by atoms with Crippen molar-refractivity contribution in [3.63, 3.8) is 0 Å². The van der Waals surface area contributed by atoms with Crippen molar-refractivity contribution in [2.24, 2.45) is 5.92 Å². The van der Waals surface area contributed by atoms with Gasteiger partial charge in [0, 0.05) is 22.1 Å². The maximum Gasteiger partial charge on any atom is 0.391 e. The van der Waals surface area contributed by atoms with Crippen LogP contribution in [0.5, 0.6) is 0 Å². The third-order valence-electron chi connectivity index (χ3n) is 6.64. The first-order chi connectivity index (χ1) is 18.2. The highest BCUT2D eigenvalue weighted by Gasteiger charge is 2.38. The quantitative estimate of drug-likeness (QED) is 0.172. The van der Waals surface area contributed by atoms with Crippen LogP contribution in [0, 0.1) is 5.92 Å². The van der Waals surface area contributed by atoms with E-state index in [1.54, 1.807) is 0 Å². The van der Waals surface area contributed by atoms with Crippen LogP contribution in [0.15, 0.2) is 59.0 Å². The Balaban J connectivity index is 1.98. The second-order valence-corrected chi connectivity index (χ2v) is 9.82. The van der Waals surface area contributed by atoms with E-state index in [9.17, 15) is 36.7 Å². The average molecular weight is 574 g/mol. The van der Waals surface area contributed by atoms with Gasteiger partial charge in [0.1, 0.15) is 17.9 Å². The number of nitrogens with zero attached hydrogens (tertiary/aromatic N) is 1. The molecule has 1 aromatic heterocycles. The number of aromatic nitrogens is 1. The van der Waals surface area contributed by atoms with Gasteiger partial charge in [0.2, 0.25) is 17.8 Å². The summed E-state index contributed by atoms with van der Waals surface area (Å²) in [6.07, 6.45) is -5.42. The van der Waals surface area contributed by atoms with Crippen LogP contribution in [0.4, 0.5) is 27.6 Å². The monoisotopic (exact) mass is 573 g/mol. The summed E-state index contributed by atoms with van der Waals surface area (Å²) < 4.78 is 69.2. The second kappa shape index (κ2) is 12.1. The molecule has 210 valence electrons. The van der Waals surface area contributed by atoms with Gasteiger partial charge in [-0.2, -0.15) is 13.2 Å². The molecule has 39 heavy (non-hydrogen) atoms. The maximum atomic E-state index is 14.9. The van der Waals surface area contributed by atoms with E-state index in [0.29, 0.717) is 4.73 Å². The fourth-order valence-electron chi connectivity index (χ4n) is 4.31. The lowest BCUT2D eigenvalue weighted by atomic mass is 9.88. The van der Waals surface area contributed by atoms with Crippen LogP contribution in [0.1, 0.15) is 67.1 Å². The standard InChI is InChI=1S/C27H26ClF5N2O4/c1-14(27(31,32)33)3-9-20(25(36)34-18-7-4-16(5-8-18)26(37)38)22-12-6-17(13-35(22)39)23-19(15(2)29)10-11-21(28)24(23)30/h4-8,12-15,20H,3,9-11H2,1-2H3,(H2-,34,36,37,38,39)/p+1. The Morgan fingerprint density at radius 1 is 1.08 bits per heavy atom. The van der Waals surface area contributed by atoms with E-state index in [0.717, 1.165) is 13.1 Å². The number of alkyl halides is 4. The number of carboxylic acid groups (broad SMARTS) is 1. The van der Waals surface area contributed by atoms with Crippen molar-refractivity contribution in [1.29, 1.82) is 0 Å². The van der Waals surface area contributed by atoms with Crippen molar-refractivity contribution in [3.05, 3.63) is 75.8 Å². The van der Waals surface area contributed by atoms with Gasteiger partial charge in [-0.05, 0) is 68.5 Å². The van der Waals surface area contributed by atoms with Gasteiger partial charge >= 0.3 is 12.1 Å². The van der Waals surface area contributed by atoms with Crippen molar-refractivity contribution in [2.45, 2.75) is 57.8 Å². The molecule has 6 nitrogen and oxygen atoms in total. The lowest BCUT2D eigenvalue weighted by molar-refractivity contribution is -0.910. The van der Waals surface area contributed by atoms with E-state index >= 15 is 0 Å². The molecule has 0 saturated heterocycles. The van der Waals surface area contributed by atoms with Gasteiger partial charge in [0.05, 0.1) is 22.1 Å². The highest BCUT2D eigenvalue weighted by molar-refractivity contribution is 6.31. The normalized spacial score (nSPS) is 16.6. The number of hydrogen-bond acceptors (Lipinski definition) is 3. The van der Waals surface area contributed by atoms with E-state index in [1.807, 2.05) is 0 Å². The molecule has 3 atom stereocenters. The Morgan fingerprint density at radius 3 is 2.26 bits per heavy atom. The number of amides is 1. The molecule has 1 heterocycles. The first kappa shape index (κ1) is 30.1. The van der Waals surface area contributed by atoms with E-state index in [1.165, 1.54) is 43.3 Å². The molecule has 3 rings (SSSR count). The first-order valence-corrected chi connectivity index (χ1v) is 12.5. The van der Waals surface area contributed by atoms with Gasteiger partial charge in [0.25, 0.3) is 0 Å². The number of aromatic carboxylic acids is 1. The number of anilines is 1. The van der Waals surface area contributed by atoms with Crippen LogP contribution in [0.3, 0.4) is 0 Å². The predicted molar refractivity (Wildman–Crippen MR) is 134 cm³/mol. The van der Waals surface area contributed by atoms with Gasteiger partial charge in [-0.25, -0.2) is 13.6 Å². The zero-order valence-electron chi connectivity index (χ0n) is 21.0. The van der Waals surface area contributed by atoms with Crippen molar-refractivity contribution in [2.75, 3.05) is 5.32 Å². The highest BCUT2D eigenvalue weighted by Crippen LogP contribution is 2.41. The fourth-order valence-corrected chi connectivity index (χ4v) is 4.50. The molecule has 0 fully saturated rings. The molecule has 1 aliphatic carbocycles. The van der Waals surface area contributed by atoms with Crippen molar-refractivity contribution >= 4 is 34.7 Å². The molecule has 1 aromatic carbocycles. The summed E-state index contributed by atoms with van der Waals surface area (Å²) in [6.45, 7) is 2.22. The highest BCUT2D eigenvalue weighted by atomic mass is 35.5. The molecule has 12 heteroatoms. The molecule has 1 aliphatic rings. The molecule has 0 radical (unpaired) electrons. The first-order valence-electron chi connectivity index (χ1n) is 12.1. The van der Waals surface area contributed by atoms with Crippen LogP contribution in [0.25, 0.3) is 5.57 Å². The number of carbonyl (C=O) groups is 2. The summed E-state index contributed by atoms with van der Waals surface area (Å²) >= 11 is 5.96. The number of halogens is 6. The number of nitrogens with one attached hydrogen (secondary N) is 1. The topological polar surface area (TPSA) is 90.5 Å². The molecule has 0 saturated carbocycles. The molecular weight excluding hydrogens is 547 g/mol. The Morgan fingerprint density at radius 2 is 1.72 bits per heavy atom. The van der Waals surface area contributed by atoms with Crippen LogP contribution in [-0.2, 0) is 4.79 Å². The number of hydrogen-bond donors (Lipinski definition) is 3. The SMILES string of the molecule is CC(F)C1=C(c2ccc(C(CCC(C)C(F)(F)F)C(=O)Nc3ccc(C(=O)O)cc3)[n+](O)c2)C(F)=C(Cl)CC1. The average Bonchev–Trinajstić information content (AvgIpc) is 2.85. The molecule has 0 aliphatic heterocycles. The third-order valence-corrected chi connectivity index (χ3v) is 7.00. The van der Waals surface area contributed by atoms with E-state index < -0.39 is 48.3 Å². The van der Waals surface area contributed by atoms with Crippen molar-refractivity contribution in [3.8, 4) is 0 Å². The zero-order chi connectivity index (χ0) is 29.1. The number of rotatable bonds is 9. The molecular formula is C27H27ClF5N2O4+. The number of carbonyl (C=O) groups excluding carboxylic acids is 1. The fraction of sp³-hybridized carbons (Fsp3) is 0.370. The lowest BCUT2D eigenvalue weighted by Crippen LogP contribution is -2.40. The minimum Gasteiger partial charge on any atom is -0.478 e. The van der Waals surface area contributed by atoms with Gasteiger partial charge in [-0.15, -0.1) is 0 Å². The summed E-state index contributed by atoms with van der Waals surface area (Å²) in [5.74, 6) is -5.80. The summed E-state index contributed by atoms with van der Waals surface area (Å²) in [5, 5.41) is 22.2. The summed E-state index contributed by atoms with van der Waals surface area (Å²) in [6, 6.07) is 7.73. The molecule has 3 unspecified atom stereocenters. The molecule has 1 amide bonds. The maximum absolute atomic E-state index is 14.9. The van der Waals surface area contributed by atoms with E-state index in [2.05, 4.69) is 5.32 Å².